The Bertz CT molecular complexity index is 873. The van der Waals surface area contributed by atoms with Crippen molar-refractivity contribution in [2.24, 2.45) is 4.99 Å². The highest BCUT2D eigenvalue weighted by molar-refractivity contribution is 7.21. The van der Waals surface area contributed by atoms with Crippen LogP contribution in [0.3, 0.4) is 0 Å². The van der Waals surface area contributed by atoms with Gasteiger partial charge >= 0.3 is 0 Å². The van der Waals surface area contributed by atoms with Crippen LogP contribution in [-0.2, 0) is 5.54 Å². The van der Waals surface area contributed by atoms with Gasteiger partial charge in [0.1, 0.15) is 0 Å². The molecule has 3 heterocycles. The van der Waals surface area contributed by atoms with E-state index in [0.717, 1.165) is 11.4 Å². The zero-order chi connectivity index (χ0) is 14.6. The van der Waals surface area contributed by atoms with Gasteiger partial charge in [-0.15, -0.1) is 11.3 Å². The third-order valence-corrected chi connectivity index (χ3v) is 5.37. The Balaban J connectivity index is 2.05. The van der Waals surface area contributed by atoms with Gasteiger partial charge in [0.2, 0.25) is 0 Å². The van der Waals surface area contributed by atoms with E-state index in [9.17, 15) is 0 Å². The van der Waals surface area contributed by atoms with Crippen LogP contribution in [0, 0.1) is 6.92 Å². The Kier molecular flexibility index (Phi) is 2.57. The van der Waals surface area contributed by atoms with E-state index in [4.69, 9.17) is 4.99 Å². The summed E-state index contributed by atoms with van der Waals surface area (Å²) in [4.78, 5) is 10.7. The zero-order valence-corrected chi connectivity index (χ0v) is 13.2. The fourth-order valence-electron chi connectivity index (χ4n) is 3.11. The molecule has 2 nitrogen and oxygen atoms in total. The van der Waals surface area contributed by atoms with Gasteiger partial charge in [-0.05, 0) is 26.8 Å². The summed E-state index contributed by atoms with van der Waals surface area (Å²) in [5, 5.41) is 1.31. The molecule has 0 unspecified atom stereocenters. The monoisotopic (exact) mass is 292 g/mol. The molecule has 0 N–H and O–H groups in total. The number of pyridine rings is 1. The Hall–Kier alpha value is -2.00. The van der Waals surface area contributed by atoms with E-state index >= 15 is 0 Å². The number of benzene rings is 1. The summed E-state index contributed by atoms with van der Waals surface area (Å²) in [6.45, 7) is 6.48. The molecule has 104 valence electrons. The fraction of sp³-hybridized carbons (Fsp3) is 0.222. The number of rotatable bonds is 1. The molecule has 4 rings (SSSR count). The number of nitrogens with zero attached hydrogens (tertiary/aromatic N) is 2. The van der Waals surface area contributed by atoms with Gasteiger partial charge in [-0.25, -0.2) is 0 Å². The number of thiophene rings is 1. The van der Waals surface area contributed by atoms with E-state index < -0.39 is 0 Å². The van der Waals surface area contributed by atoms with Crippen LogP contribution in [0.5, 0.6) is 0 Å². The van der Waals surface area contributed by atoms with E-state index in [2.05, 4.69) is 56.1 Å². The number of hydrogen-bond donors (Lipinski definition) is 0. The molecule has 0 spiro atoms. The lowest BCUT2D eigenvalue weighted by Crippen LogP contribution is -2.09. The van der Waals surface area contributed by atoms with E-state index in [1.807, 2.05) is 23.6 Å². The minimum absolute atomic E-state index is 0.174. The molecule has 0 radical (unpaired) electrons. The Morgan fingerprint density at radius 2 is 1.81 bits per heavy atom. The molecule has 3 aromatic rings. The van der Waals surface area contributed by atoms with Crippen molar-refractivity contribution in [3.05, 3.63) is 64.3 Å². The Labute approximate surface area is 128 Å². The Morgan fingerprint density at radius 3 is 2.57 bits per heavy atom. The summed E-state index contributed by atoms with van der Waals surface area (Å²) in [7, 11) is 0. The molecule has 0 amide bonds. The van der Waals surface area contributed by atoms with E-state index in [1.54, 1.807) is 0 Å². The minimum Gasteiger partial charge on any atom is -0.272 e. The molecule has 0 saturated carbocycles. The van der Waals surface area contributed by atoms with Gasteiger partial charge in [-0.2, -0.15) is 0 Å². The molecule has 0 saturated heterocycles. The number of fused-ring (bicyclic) bond motifs is 3. The van der Waals surface area contributed by atoms with Crippen LogP contribution in [-0.4, -0.2) is 10.7 Å². The first-order valence-corrected chi connectivity index (χ1v) is 7.94. The highest BCUT2D eigenvalue weighted by Crippen LogP contribution is 2.46. The summed E-state index contributed by atoms with van der Waals surface area (Å²) in [5.74, 6) is 0. The molecule has 0 bridgehead atoms. The highest BCUT2D eigenvalue weighted by Gasteiger charge is 2.36. The van der Waals surface area contributed by atoms with Crippen molar-refractivity contribution < 1.29 is 0 Å². The van der Waals surface area contributed by atoms with Crippen molar-refractivity contribution in [1.29, 1.82) is 0 Å². The smallest absolute Gasteiger partial charge is 0.0833 e. The number of aryl methyl sites for hydroxylation is 1. The van der Waals surface area contributed by atoms with Crippen LogP contribution in [0.25, 0.3) is 10.1 Å². The van der Waals surface area contributed by atoms with Crippen molar-refractivity contribution in [3.63, 3.8) is 0 Å². The van der Waals surface area contributed by atoms with Gasteiger partial charge in [0.15, 0.2) is 0 Å². The maximum Gasteiger partial charge on any atom is 0.0833 e. The lowest BCUT2D eigenvalue weighted by Gasteiger charge is -2.15. The molecule has 0 aliphatic carbocycles. The van der Waals surface area contributed by atoms with Crippen LogP contribution in [0.2, 0.25) is 0 Å². The van der Waals surface area contributed by atoms with Gasteiger partial charge < -0.3 is 0 Å². The molecular formula is C18H16N2S. The van der Waals surface area contributed by atoms with Gasteiger partial charge in [0, 0.05) is 22.7 Å². The first kappa shape index (κ1) is 12.7. The molecule has 1 aliphatic rings. The number of hydrogen-bond acceptors (Lipinski definition) is 3. The predicted octanol–water partition coefficient (Wildman–Crippen LogP) is 4.69. The second-order valence-electron chi connectivity index (χ2n) is 5.96. The summed E-state index contributed by atoms with van der Waals surface area (Å²) >= 11 is 1.82. The zero-order valence-electron chi connectivity index (χ0n) is 12.3. The fourth-order valence-corrected chi connectivity index (χ4v) is 4.51. The molecule has 1 aromatic carbocycles. The summed E-state index contributed by atoms with van der Waals surface area (Å²) in [5.41, 5.74) is 4.60. The van der Waals surface area contributed by atoms with Gasteiger partial charge in [-0.3, -0.25) is 9.98 Å². The number of aromatic nitrogens is 1. The quantitative estimate of drug-likeness (QED) is 0.638. The van der Waals surface area contributed by atoms with Crippen LogP contribution in [0.1, 0.15) is 35.5 Å². The van der Waals surface area contributed by atoms with E-state index in [0.29, 0.717) is 0 Å². The lowest BCUT2D eigenvalue weighted by atomic mass is 9.94. The summed E-state index contributed by atoms with van der Waals surface area (Å²) in [6.07, 6.45) is 1.90. The second-order valence-corrected chi connectivity index (χ2v) is 6.99. The van der Waals surface area contributed by atoms with Gasteiger partial charge in [0.25, 0.3) is 0 Å². The summed E-state index contributed by atoms with van der Waals surface area (Å²) in [6, 6.07) is 12.6. The van der Waals surface area contributed by atoms with Crippen molar-refractivity contribution in [3.8, 4) is 0 Å². The van der Waals surface area contributed by atoms with E-state index in [-0.39, 0.29) is 5.54 Å². The van der Waals surface area contributed by atoms with E-state index in [1.165, 1.54) is 26.1 Å². The van der Waals surface area contributed by atoms with Crippen molar-refractivity contribution in [1.82, 2.24) is 4.98 Å². The molecule has 0 atom stereocenters. The lowest BCUT2D eigenvalue weighted by molar-refractivity contribution is 0.578. The molecular weight excluding hydrogens is 276 g/mol. The molecule has 21 heavy (non-hydrogen) atoms. The average Bonchev–Trinajstić information content (AvgIpc) is 2.98. The van der Waals surface area contributed by atoms with Crippen LogP contribution < -0.4 is 0 Å². The third kappa shape index (κ3) is 1.77. The molecule has 2 aromatic heterocycles. The standard InChI is InChI=1S/C18H16N2S/c1-11-16-13(9-10-19-11)14-17(21-16)15(20-18(14,2)3)12-7-5-4-6-8-12/h4-10H,1-3H3. The van der Waals surface area contributed by atoms with Crippen molar-refractivity contribution in [2.45, 2.75) is 26.3 Å². The topological polar surface area (TPSA) is 25.2 Å². The van der Waals surface area contributed by atoms with Crippen LogP contribution >= 0.6 is 11.3 Å². The van der Waals surface area contributed by atoms with Gasteiger partial charge in [0.05, 0.1) is 26.5 Å². The first-order chi connectivity index (χ1) is 10.1. The SMILES string of the molecule is Cc1nccc2c3c(sc12)C(c1ccccc1)=NC3(C)C. The molecule has 3 heteroatoms. The third-order valence-electron chi connectivity index (χ3n) is 4.05. The average molecular weight is 292 g/mol. The Morgan fingerprint density at radius 1 is 1.05 bits per heavy atom. The molecule has 1 aliphatic heterocycles. The largest absolute Gasteiger partial charge is 0.272 e. The normalized spacial score (nSPS) is 16.0. The maximum absolute atomic E-state index is 5.01. The first-order valence-electron chi connectivity index (χ1n) is 7.12. The maximum atomic E-state index is 5.01. The van der Waals surface area contributed by atoms with Crippen LogP contribution in [0.15, 0.2) is 47.6 Å². The van der Waals surface area contributed by atoms with Gasteiger partial charge in [-0.1, -0.05) is 30.3 Å². The summed E-state index contributed by atoms with van der Waals surface area (Å²) < 4.78 is 1.29. The molecule has 0 fully saturated rings. The second kappa shape index (κ2) is 4.25. The number of aliphatic imine (C=N–C) groups is 1. The van der Waals surface area contributed by atoms with Crippen molar-refractivity contribution in [2.75, 3.05) is 0 Å². The minimum atomic E-state index is -0.174. The van der Waals surface area contributed by atoms with Crippen LogP contribution in [0.4, 0.5) is 0 Å². The predicted molar refractivity (Wildman–Crippen MR) is 89.5 cm³/mol. The van der Waals surface area contributed by atoms with Crippen molar-refractivity contribution >= 4 is 27.1 Å². The highest BCUT2D eigenvalue weighted by atomic mass is 32.1.